The van der Waals surface area contributed by atoms with Gasteiger partial charge in [-0.05, 0) is 44.1 Å². The number of aliphatic hydroxyl groups excluding tert-OH is 1. The first-order valence-electron chi connectivity index (χ1n) is 13.5. The van der Waals surface area contributed by atoms with Gasteiger partial charge in [0.05, 0.1) is 24.5 Å². The van der Waals surface area contributed by atoms with Gasteiger partial charge in [-0.2, -0.15) is 0 Å². The minimum atomic E-state index is -1.98. The number of aliphatic carboxylic acids is 1. The van der Waals surface area contributed by atoms with Crippen LogP contribution in [0.25, 0.3) is 0 Å². The molecule has 2 aliphatic carbocycles. The van der Waals surface area contributed by atoms with Gasteiger partial charge in [0.2, 0.25) is 6.10 Å². The molecule has 3 N–H and O–H groups in total. The number of likely N-dealkylation sites (tertiary alicyclic amines) is 1. The standard InChI is InChI=1S/C30H31NO10/c1-31-13-12-29-23-17-8-9-19(38-2)25(23)41-26(29)20(10-11-30(29,37)21(31)14-17)39-28(36)24(16-6-4-3-5-7-16)40-22(33)15-18(32)27(34)35/h3-10,18,21,24,26,32,37H,11-15H2,1-2H3,(H,34,35)/t18-,21-,24-,26+,29+,30-/m0/s1. The first-order valence-corrected chi connectivity index (χ1v) is 13.5. The molecule has 11 heteroatoms. The van der Waals surface area contributed by atoms with E-state index < -0.39 is 53.7 Å². The van der Waals surface area contributed by atoms with Crippen molar-refractivity contribution >= 4 is 17.9 Å². The molecule has 2 heterocycles. The van der Waals surface area contributed by atoms with E-state index in [9.17, 15) is 24.6 Å². The van der Waals surface area contributed by atoms with Crippen LogP contribution in [0.2, 0.25) is 0 Å². The van der Waals surface area contributed by atoms with E-state index in [1.54, 1.807) is 43.5 Å². The third-order valence-electron chi connectivity index (χ3n) is 8.99. The number of ether oxygens (including phenoxy) is 4. The molecule has 6 atom stereocenters. The van der Waals surface area contributed by atoms with Crippen LogP contribution < -0.4 is 9.47 Å². The number of likely N-dealkylation sites (N-methyl/N-ethyl adjacent to an activating group) is 1. The zero-order chi connectivity index (χ0) is 29.1. The van der Waals surface area contributed by atoms with Crippen molar-refractivity contribution < 1.29 is 48.7 Å². The average molecular weight is 566 g/mol. The van der Waals surface area contributed by atoms with Crippen LogP contribution in [-0.2, 0) is 35.7 Å². The summed E-state index contributed by atoms with van der Waals surface area (Å²) in [5.74, 6) is -2.36. The molecule has 2 bridgehead atoms. The molecule has 1 saturated heterocycles. The highest BCUT2D eigenvalue weighted by Crippen LogP contribution is 2.65. The van der Waals surface area contributed by atoms with E-state index in [4.69, 9.17) is 24.1 Å². The third-order valence-corrected chi connectivity index (χ3v) is 8.99. The van der Waals surface area contributed by atoms with Gasteiger partial charge in [-0.15, -0.1) is 0 Å². The molecule has 6 rings (SSSR count). The second-order valence-electron chi connectivity index (χ2n) is 11.0. The molecule has 2 aromatic carbocycles. The van der Waals surface area contributed by atoms with Crippen molar-refractivity contribution in [3.8, 4) is 11.5 Å². The molecule has 1 fully saturated rings. The Bertz CT molecular complexity index is 1440. The SMILES string of the molecule is COc1ccc2c3c1O[C@@H]1C(OC(=O)[C@@H](OC(=O)C[C@H](O)C(=O)O)c4ccccc4)=CC[C@]4(O)[C@H](C2)N(C)CC[C@@]314. The van der Waals surface area contributed by atoms with E-state index in [0.29, 0.717) is 36.4 Å². The largest absolute Gasteiger partial charge is 0.493 e. The van der Waals surface area contributed by atoms with E-state index in [-0.39, 0.29) is 18.2 Å². The minimum Gasteiger partial charge on any atom is -0.493 e. The van der Waals surface area contributed by atoms with Crippen molar-refractivity contribution in [2.45, 2.75) is 61.1 Å². The summed E-state index contributed by atoms with van der Waals surface area (Å²) in [6.07, 6.45) is -2.14. The van der Waals surface area contributed by atoms with Crippen molar-refractivity contribution in [3.05, 3.63) is 71.0 Å². The number of hydrogen-bond donors (Lipinski definition) is 3. The summed E-state index contributed by atoms with van der Waals surface area (Å²) in [6.45, 7) is 0.695. The maximum absolute atomic E-state index is 13.6. The summed E-state index contributed by atoms with van der Waals surface area (Å²) < 4.78 is 23.4. The lowest BCUT2D eigenvalue weighted by atomic mass is 9.50. The van der Waals surface area contributed by atoms with Crippen LogP contribution in [0.4, 0.5) is 0 Å². The Morgan fingerprint density at radius 2 is 1.93 bits per heavy atom. The Kier molecular flexibility index (Phi) is 6.55. The highest BCUT2D eigenvalue weighted by molar-refractivity contribution is 5.84. The second-order valence-corrected chi connectivity index (χ2v) is 11.0. The molecule has 1 spiro atoms. The molecule has 0 amide bonds. The summed E-state index contributed by atoms with van der Waals surface area (Å²) in [6, 6.07) is 11.8. The highest BCUT2D eigenvalue weighted by atomic mass is 16.6. The molecule has 11 nitrogen and oxygen atoms in total. The predicted molar refractivity (Wildman–Crippen MR) is 141 cm³/mol. The van der Waals surface area contributed by atoms with Gasteiger partial charge < -0.3 is 39.2 Å². The molecule has 0 radical (unpaired) electrons. The summed E-state index contributed by atoms with van der Waals surface area (Å²) >= 11 is 0. The Balaban J connectivity index is 1.35. The van der Waals surface area contributed by atoms with Gasteiger partial charge in [0.1, 0.15) is 5.76 Å². The third kappa shape index (κ3) is 4.02. The first-order chi connectivity index (χ1) is 19.6. The van der Waals surface area contributed by atoms with E-state index in [1.165, 1.54) is 0 Å². The van der Waals surface area contributed by atoms with Crippen molar-refractivity contribution in [1.29, 1.82) is 0 Å². The number of carboxylic acids is 1. The van der Waals surface area contributed by atoms with Gasteiger partial charge in [-0.3, -0.25) is 4.79 Å². The Morgan fingerprint density at radius 1 is 1.17 bits per heavy atom. The number of rotatable bonds is 8. The van der Waals surface area contributed by atoms with E-state index in [2.05, 4.69) is 4.90 Å². The summed E-state index contributed by atoms with van der Waals surface area (Å²) in [4.78, 5) is 39.3. The van der Waals surface area contributed by atoms with Gasteiger partial charge in [0, 0.05) is 23.6 Å². The maximum atomic E-state index is 13.6. The van der Waals surface area contributed by atoms with Gasteiger partial charge in [-0.25, -0.2) is 9.59 Å². The van der Waals surface area contributed by atoms with E-state index in [0.717, 1.165) is 11.1 Å². The predicted octanol–water partition coefficient (Wildman–Crippen LogP) is 1.64. The van der Waals surface area contributed by atoms with Gasteiger partial charge in [-0.1, -0.05) is 36.4 Å². The van der Waals surface area contributed by atoms with Gasteiger partial charge in [0.15, 0.2) is 23.7 Å². The fourth-order valence-electron chi connectivity index (χ4n) is 7.06. The number of aliphatic hydroxyl groups is 2. The Morgan fingerprint density at radius 3 is 2.63 bits per heavy atom. The molecular formula is C30H31NO10. The zero-order valence-electron chi connectivity index (χ0n) is 22.6. The van der Waals surface area contributed by atoms with Crippen LogP contribution in [0.1, 0.15) is 42.1 Å². The lowest BCUT2D eigenvalue weighted by Crippen LogP contribution is -2.74. The number of carbonyl (C=O) groups is 3. The number of benzene rings is 2. The minimum absolute atomic E-state index is 0.179. The van der Waals surface area contributed by atoms with Crippen molar-refractivity contribution in [2.24, 2.45) is 0 Å². The molecule has 2 aliphatic heterocycles. The molecule has 216 valence electrons. The Hall–Kier alpha value is -3.93. The zero-order valence-corrected chi connectivity index (χ0v) is 22.6. The Labute approximate surface area is 235 Å². The fraction of sp³-hybridized carbons (Fsp3) is 0.433. The number of piperidine rings is 1. The van der Waals surface area contributed by atoms with Crippen LogP contribution in [0, 0.1) is 0 Å². The fourth-order valence-corrected chi connectivity index (χ4v) is 7.06. The number of carboxylic acid groups (broad SMARTS) is 1. The summed E-state index contributed by atoms with van der Waals surface area (Å²) in [5.41, 5.74) is 0.146. The second kappa shape index (κ2) is 9.86. The molecule has 2 aromatic rings. The lowest BCUT2D eigenvalue weighted by molar-refractivity contribution is -0.177. The van der Waals surface area contributed by atoms with E-state index in [1.807, 2.05) is 19.2 Å². The van der Waals surface area contributed by atoms with Crippen molar-refractivity contribution in [3.63, 3.8) is 0 Å². The van der Waals surface area contributed by atoms with Gasteiger partial charge >= 0.3 is 17.9 Å². The number of hydrogen-bond acceptors (Lipinski definition) is 10. The van der Waals surface area contributed by atoms with Gasteiger partial charge in [0.25, 0.3) is 0 Å². The van der Waals surface area contributed by atoms with Crippen LogP contribution in [0.3, 0.4) is 0 Å². The number of esters is 2. The summed E-state index contributed by atoms with van der Waals surface area (Å²) in [5, 5.41) is 30.9. The lowest BCUT2D eigenvalue weighted by Gasteiger charge is -2.61. The van der Waals surface area contributed by atoms with Crippen molar-refractivity contribution in [1.82, 2.24) is 4.90 Å². The smallest absolute Gasteiger partial charge is 0.357 e. The highest BCUT2D eigenvalue weighted by Gasteiger charge is 2.72. The van der Waals surface area contributed by atoms with Crippen LogP contribution in [0.15, 0.2) is 54.3 Å². The average Bonchev–Trinajstić information content (AvgIpc) is 3.31. The van der Waals surface area contributed by atoms with Crippen molar-refractivity contribution in [2.75, 3.05) is 20.7 Å². The molecule has 0 aromatic heterocycles. The molecule has 4 aliphatic rings. The number of carbonyl (C=O) groups excluding carboxylic acids is 2. The topological polar surface area (TPSA) is 152 Å². The van der Waals surface area contributed by atoms with Crippen LogP contribution >= 0.6 is 0 Å². The molecule has 0 saturated carbocycles. The van der Waals surface area contributed by atoms with E-state index >= 15 is 0 Å². The molecule has 0 unspecified atom stereocenters. The monoisotopic (exact) mass is 565 g/mol. The van der Waals surface area contributed by atoms with Crippen LogP contribution in [-0.4, -0.2) is 82.7 Å². The number of methoxy groups -OCH3 is 1. The van der Waals surface area contributed by atoms with Crippen LogP contribution in [0.5, 0.6) is 11.5 Å². The first kappa shape index (κ1) is 27.3. The molecule has 41 heavy (non-hydrogen) atoms. The molecular weight excluding hydrogens is 534 g/mol. The summed E-state index contributed by atoms with van der Waals surface area (Å²) in [7, 11) is 3.54. The number of nitrogens with zero attached hydrogens (tertiary/aromatic N) is 1. The quantitative estimate of drug-likeness (QED) is 0.401. The maximum Gasteiger partial charge on any atom is 0.357 e. The normalized spacial score (nSPS) is 28.8.